The molecule has 2 aromatic rings. The number of aryl methyl sites for hydroxylation is 1. The number of nitrogens with zero attached hydrogens (tertiary/aromatic N) is 4. The monoisotopic (exact) mass is 325 g/mol. The van der Waals surface area contributed by atoms with E-state index in [1.54, 1.807) is 26.8 Å². The quantitative estimate of drug-likeness (QED) is 0.666. The smallest absolute Gasteiger partial charge is 0.245 e. The number of carbonyl (C=O) groups is 2. The minimum absolute atomic E-state index is 0.0287. The predicted molar refractivity (Wildman–Crippen MR) is 87.5 cm³/mol. The summed E-state index contributed by atoms with van der Waals surface area (Å²) in [5.74, 6) is -2.71. The number of ketones is 1. The number of benzene rings is 1. The van der Waals surface area contributed by atoms with Gasteiger partial charge in [-0.05, 0) is 39.8 Å². The molecular weight excluding hydrogens is 306 g/mol. The Morgan fingerprint density at radius 1 is 1.21 bits per heavy atom. The molecule has 0 radical (unpaired) electrons. The van der Waals surface area contributed by atoms with Crippen molar-refractivity contribution in [1.29, 1.82) is 5.26 Å². The second-order valence-electron chi connectivity index (χ2n) is 5.86. The lowest BCUT2D eigenvalue weighted by Gasteiger charge is -2.11. The zero-order valence-corrected chi connectivity index (χ0v) is 14.1. The molecule has 1 heterocycles. The molecule has 1 aromatic carbocycles. The lowest BCUT2D eigenvalue weighted by Crippen LogP contribution is -2.38. The van der Waals surface area contributed by atoms with E-state index >= 15 is 0 Å². The van der Waals surface area contributed by atoms with E-state index in [9.17, 15) is 14.9 Å². The Balaban J connectivity index is 2.32. The Morgan fingerprint density at radius 2 is 1.83 bits per heavy atom. The van der Waals surface area contributed by atoms with Crippen LogP contribution in [0.25, 0.3) is 5.69 Å². The normalized spacial score (nSPS) is 11.8. The molecule has 1 N–H and O–H groups in total. The van der Waals surface area contributed by atoms with Gasteiger partial charge < -0.3 is 5.32 Å². The van der Waals surface area contributed by atoms with E-state index in [4.69, 9.17) is 0 Å². The van der Waals surface area contributed by atoms with Gasteiger partial charge in [0.2, 0.25) is 11.7 Å². The Hall–Kier alpha value is -3.01. The third-order valence-electron chi connectivity index (χ3n) is 3.49. The van der Waals surface area contributed by atoms with Gasteiger partial charge in [-0.25, -0.2) is 4.68 Å². The van der Waals surface area contributed by atoms with Crippen molar-refractivity contribution in [1.82, 2.24) is 20.3 Å². The van der Waals surface area contributed by atoms with Crippen LogP contribution in [0.1, 0.15) is 35.6 Å². The van der Waals surface area contributed by atoms with E-state index in [0.29, 0.717) is 5.69 Å². The van der Waals surface area contributed by atoms with Gasteiger partial charge in [-0.15, -0.1) is 5.10 Å². The van der Waals surface area contributed by atoms with Crippen molar-refractivity contribution >= 4 is 11.7 Å². The lowest BCUT2D eigenvalue weighted by atomic mass is 10.0. The number of aromatic nitrogens is 3. The van der Waals surface area contributed by atoms with E-state index < -0.39 is 17.6 Å². The van der Waals surface area contributed by atoms with Crippen LogP contribution >= 0.6 is 0 Å². The first-order valence-corrected chi connectivity index (χ1v) is 7.58. The van der Waals surface area contributed by atoms with Crippen molar-refractivity contribution in [2.24, 2.45) is 5.92 Å². The molecule has 24 heavy (non-hydrogen) atoms. The van der Waals surface area contributed by atoms with Gasteiger partial charge in [0.25, 0.3) is 0 Å². The van der Waals surface area contributed by atoms with Crippen LogP contribution < -0.4 is 5.32 Å². The number of hydrogen-bond acceptors (Lipinski definition) is 5. The second kappa shape index (κ2) is 7.04. The Morgan fingerprint density at radius 3 is 2.38 bits per heavy atom. The largest absolute Gasteiger partial charge is 0.352 e. The third kappa shape index (κ3) is 3.49. The molecule has 0 saturated carbocycles. The minimum atomic E-state index is -1.44. The molecule has 2 rings (SSSR count). The van der Waals surface area contributed by atoms with Crippen LogP contribution in [0.2, 0.25) is 0 Å². The van der Waals surface area contributed by atoms with Gasteiger partial charge in [-0.2, -0.15) is 5.26 Å². The highest BCUT2D eigenvalue weighted by atomic mass is 16.2. The van der Waals surface area contributed by atoms with Crippen LogP contribution in [0.3, 0.4) is 0 Å². The van der Waals surface area contributed by atoms with Crippen molar-refractivity contribution in [3.63, 3.8) is 0 Å². The summed E-state index contributed by atoms with van der Waals surface area (Å²) in [5, 5.41) is 19.6. The molecule has 0 aliphatic heterocycles. The van der Waals surface area contributed by atoms with Crippen LogP contribution in [0.5, 0.6) is 0 Å². The van der Waals surface area contributed by atoms with Gasteiger partial charge in [0.15, 0.2) is 11.6 Å². The zero-order valence-electron chi connectivity index (χ0n) is 14.1. The van der Waals surface area contributed by atoms with Gasteiger partial charge in [-0.3, -0.25) is 9.59 Å². The van der Waals surface area contributed by atoms with Gasteiger partial charge in [0.05, 0.1) is 17.5 Å². The Kier molecular flexibility index (Phi) is 5.09. The molecule has 1 unspecified atom stereocenters. The fourth-order valence-corrected chi connectivity index (χ4v) is 2.23. The fourth-order valence-electron chi connectivity index (χ4n) is 2.23. The minimum Gasteiger partial charge on any atom is -0.352 e. The van der Waals surface area contributed by atoms with Gasteiger partial charge in [0.1, 0.15) is 0 Å². The first-order valence-electron chi connectivity index (χ1n) is 7.58. The first kappa shape index (κ1) is 17.3. The summed E-state index contributed by atoms with van der Waals surface area (Å²) >= 11 is 0. The molecule has 0 spiro atoms. The third-order valence-corrected chi connectivity index (χ3v) is 3.49. The topological polar surface area (TPSA) is 101 Å². The number of amides is 1. The molecular formula is C17H19N5O2. The maximum Gasteiger partial charge on any atom is 0.245 e. The number of hydrogen-bond donors (Lipinski definition) is 1. The van der Waals surface area contributed by atoms with Crippen LogP contribution in [0.4, 0.5) is 0 Å². The average Bonchev–Trinajstić information content (AvgIpc) is 2.89. The van der Waals surface area contributed by atoms with E-state index in [1.165, 1.54) is 4.68 Å². The van der Waals surface area contributed by atoms with Crippen molar-refractivity contribution < 1.29 is 9.59 Å². The summed E-state index contributed by atoms with van der Waals surface area (Å²) < 4.78 is 1.52. The van der Waals surface area contributed by atoms with Crippen molar-refractivity contribution in [2.75, 3.05) is 0 Å². The van der Waals surface area contributed by atoms with E-state index in [2.05, 4.69) is 15.6 Å². The Labute approximate surface area is 140 Å². The molecule has 1 amide bonds. The van der Waals surface area contributed by atoms with Crippen LogP contribution in [-0.4, -0.2) is 32.7 Å². The van der Waals surface area contributed by atoms with E-state index in [1.807, 2.05) is 31.2 Å². The molecule has 1 atom stereocenters. The van der Waals surface area contributed by atoms with Gasteiger partial charge >= 0.3 is 0 Å². The number of rotatable bonds is 5. The summed E-state index contributed by atoms with van der Waals surface area (Å²) in [6, 6.07) is 9.15. The fraction of sp³-hybridized carbons (Fsp3) is 0.353. The highest BCUT2D eigenvalue weighted by Crippen LogP contribution is 2.16. The molecule has 7 heteroatoms. The second-order valence-corrected chi connectivity index (χ2v) is 5.86. The van der Waals surface area contributed by atoms with Crippen LogP contribution in [0.15, 0.2) is 24.3 Å². The predicted octanol–water partition coefficient (Wildman–Crippen LogP) is 1.73. The summed E-state index contributed by atoms with van der Waals surface area (Å²) in [7, 11) is 0. The van der Waals surface area contributed by atoms with E-state index in [0.717, 1.165) is 11.3 Å². The maximum absolute atomic E-state index is 12.5. The van der Waals surface area contributed by atoms with Gasteiger partial charge in [-0.1, -0.05) is 22.9 Å². The van der Waals surface area contributed by atoms with Crippen LogP contribution in [0, 0.1) is 31.1 Å². The molecule has 0 fully saturated rings. The van der Waals surface area contributed by atoms with Crippen molar-refractivity contribution in [3.05, 3.63) is 41.2 Å². The first-order chi connectivity index (χ1) is 11.3. The SMILES string of the molecule is Cc1ccc(-n2nnc(C(=O)C(C#N)C(=O)NC(C)C)c2C)cc1. The molecule has 1 aromatic heterocycles. The highest BCUT2D eigenvalue weighted by Gasteiger charge is 2.31. The average molecular weight is 325 g/mol. The molecule has 0 aliphatic carbocycles. The number of Topliss-reactive ketones (excluding diaryl/α,β-unsaturated/α-hetero) is 1. The van der Waals surface area contributed by atoms with Crippen molar-refractivity contribution in [3.8, 4) is 11.8 Å². The summed E-state index contributed by atoms with van der Waals surface area (Å²) in [6.45, 7) is 7.17. The molecule has 0 bridgehead atoms. The summed E-state index contributed by atoms with van der Waals surface area (Å²) in [6.07, 6.45) is 0. The van der Waals surface area contributed by atoms with Gasteiger partial charge in [0, 0.05) is 6.04 Å². The van der Waals surface area contributed by atoms with Crippen molar-refractivity contribution in [2.45, 2.75) is 33.7 Å². The molecule has 124 valence electrons. The Bertz CT molecular complexity index is 799. The standard InChI is InChI=1S/C17H19N5O2/c1-10(2)19-17(24)14(9-18)16(23)15-12(4)22(21-20-15)13-7-5-11(3)6-8-13/h5-8,10,14H,1-4H3,(H,19,24). The lowest BCUT2D eigenvalue weighted by molar-refractivity contribution is -0.122. The summed E-state index contributed by atoms with van der Waals surface area (Å²) in [4.78, 5) is 24.5. The zero-order chi connectivity index (χ0) is 17.9. The van der Waals surface area contributed by atoms with E-state index in [-0.39, 0.29) is 11.7 Å². The molecule has 0 saturated heterocycles. The maximum atomic E-state index is 12.5. The molecule has 7 nitrogen and oxygen atoms in total. The summed E-state index contributed by atoms with van der Waals surface area (Å²) in [5.41, 5.74) is 2.37. The highest BCUT2D eigenvalue weighted by molar-refractivity contribution is 6.11. The van der Waals surface area contributed by atoms with Crippen LogP contribution in [-0.2, 0) is 4.79 Å². The number of carbonyl (C=O) groups excluding carboxylic acids is 2. The number of nitriles is 1. The molecule has 0 aliphatic rings. The number of nitrogens with one attached hydrogen (secondary N) is 1.